The molecule has 0 saturated carbocycles. The SMILES string of the molecule is CCOP(N(C)C)N(C)P(=S)(OCC)OCC. The summed E-state index contributed by atoms with van der Waals surface area (Å²) in [4.78, 5) is 0. The topological polar surface area (TPSA) is 34.2 Å². The molecule has 0 spiro atoms. The van der Waals surface area contributed by atoms with Crippen LogP contribution in [0.3, 0.4) is 0 Å². The lowest BCUT2D eigenvalue weighted by Gasteiger charge is -2.37. The fraction of sp³-hybridized carbons (Fsp3) is 1.00. The molecule has 0 aromatic carbocycles. The Balaban J connectivity index is 4.89. The average molecular weight is 302 g/mol. The van der Waals surface area contributed by atoms with Gasteiger partial charge in [0.2, 0.25) is 0 Å². The van der Waals surface area contributed by atoms with Crippen molar-refractivity contribution in [2.45, 2.75) is 20.8 Å². The predicted molar refractivity (Wildman–Crippen MR) is 77.5 cm³/mol. The van der Waals surface area contributed by atoms with E-state index in [1.165, 1.54) is 0 Å². The fourth-order valence-corrected chi connectivity index (χ4v) is 6.30. The number of nitrogens with zero attached hydrogens (tertiary/aromatic N) is 2. The molecule has 0 bridgehead atoms. The maximum absolute atomic E-state index is 5.72. The molecule has 17 heavy (non-hydrogen) atoms. The van der Waals surface area contributed by atoms with E-state index in [9.17, 15) is 0 Å². The van der Waals surface area contributed by atoms with Crippen LogP contribution in [0.5, 0.6) is 0 Å². The summed E-state index contributed by atoms with van der Waals surface area (Å²) < 4.78 is 21.0. The molecule has 0 heterocycles. The summed E-state index contributed by atoms with van der Waals surface area (Å²) in [6.45, 7) is 5.13. The Bertz CT molecular complexity index is 246. The van der Waals surface area contributed by atoms with Crippen molar-refractivity contribution in [1.29, 1.82) is 0 Å². The summed E-state index contributed by atoms with van der Waals surface area (Å²) in [5.74, 6) is 0. The molecule has 0 fully saturated rings. The molecule has 0 saturated heterocycles. The standard InChI is InChI=1S/C9H24N2O3P2S/c1-7-12-15(10(4)5)11(6)16(17,13-8-2)14-9-3/h7-9H2,1-6H3. The lowest BCUT2D eigenvalue weighted by Crippen LogP contribution is -2.22. The van der Waals surface area contributed by atoms with Gasteiger partial charge in [-0.05, 0) is 46.7 Å². The molecule has 5 nitrogen and oxygen atoms in total. The van der Waals surface area contributed by atoms with Crippen molar-refractivity contribution in [3.05, 3.63) is 0 Å². The fourth-order valence-electron chi connectivity index (χ4n) is 1.20. The minimum atomic E-state index is -2.42. The molecule has 104 valence electrons. The molecule has 8 heteroatoms. The van der Waals surface area contributed by atoms with E-state index in [2.05, 4.69) is 0 Å². The lowest BCUT2D eigenvalue weighted by atomic mass is 10.9. The molecule has 0 aliphatic rings. The molecule has 0 aliphatic carbocycles. The molecule has 0 rings (SSSR count). The highest BCUT2D eigenvalue weighted by atomic mass is 32.5. The van der Waals surface area contributed by atoms with Crippen LogP contribution in [0.4, 0.5) is 0 Å². The van der Waals surface area contributed by atoms with E-state index < -0.39 is 15.1 Å². The average Bonchev–Trinajstić information content (AvgIpc) is 2.25. The van der Waals surface area contributed by atoms with E-state index >= 15 is 0 Å². The van der Waals surface area contributed by atoms with Gasteiger partial charge in [-0.3, -0.25) is 4.67 Å². The Labute approximate surface area is 112 Å². The monoisotopic (exact) mass is 302 g/mol. The van der Waals surface area contributed by atoms with E-state index in [4.69, 9.17) is 25.4 Å². The first-order valence-corrected chi connectivity index (χ1v) is 9.42. The van der Waals surface area contributed by atoms with E-state index in [0.717, 1.165) is 0 Å². The van der Waals surface area contributed by atoms with E-state index in [1.807, 2.05) is 51.0 Å². The maximum Gasteiger partial charge on any atom is 0.270 e. The Morgan fingerprint density at radius 3 is 1.76 bits per heavy atom. The van der Waals surface area contributed by atoms with E-state index in [-0.39, 0.29) is 0 Å². The highest BCUT2D eigenvalue weighted by molar-refractivity contribution is 8.10. The minimum Gasteiger partial charge on any atom is -0.331 e. The zero-order valence-corrected chi connectivity index (χ0v) is 14.1. The van der Waals surface area contributed by atoms with Crippen molar-refractivity contribution in [2.75, 3.05) is 41.0 Å². The Morgan fingerprint density at radius 2 is 1.47 bits per heavy atom. The molecule has 1 unspecified atom stereocenters. The Hall–Kier alpha value is 0.880. The van der Waals surface area contributed by atoms with Gasteiger partial charge in [0.15, 0.2) is 8.45 Å². The van der Waals surface area contributed by atoms with Gasteiger partial charge in [0.25, 0.3) is 6.64 Å². The van der Waals surface area contributed by atoms with Gasteiger partial charge in [-0.25, -0.2) is 0 Å². The third-order valence-electron chi connectivity index (χ3n) is 1.77. The summed E-state index contributed by atoms with van der Waals surface area (Å²) in [5, 5.41) is 0. The Morgan fingerprint density at radius 1 is 1.00 bits per heavy atom. The van der Waals surface area contributed by atoms with Crippen molar-refractivity contribution in [3.63, 3.8) is 0 Å². The molecule has 0 aliphatic heterocycles. The van der Waals surface area contributed by atoms with Crippen molar-refractivity contribution < 1.29 is 13.6 Å². The third-order valence-corrected chi connectivity index (χ3v) is 8.22. The zero-order valence-electron chi connectivity index (χ0n) is 11.5. The molecule has 0 aromatic heterocycles. The largest absolute Gasteiger partial charge is 0.331 e. The van der Waals surface area contributed by atoms with Crippen LogP contribution in [-0.4, -0.2) is 50.1 Å². The second-order valence-corrected chi connectivity index (χ2v) is 9.23. The number of hydrogen-bond donors (Lipinski definition) is 0. The molecule has 0 radical (unpaired) electrons. The van der Waals surface area contributed by atoms with Crippen LogP contribution in [0.15, 0.2) is 0 Å². The maximum atomic E-state index is 5.72. The number of hydrogen-bond acceptors (Lipinski definition) is 5. The van der Waals surface area contributed by atoms with Crippen LogP contribution in [0.25, 0.3) is 0 Å². The minimum absolute atomic E-state index is 0.546. The van der Waals surface area contributed by atoms with Crippen LogP contribution >= 0.6 is 15.1 Å². The van der Waals surface area contributed by atoms with E-state index in [0.29, 0.717) is 19.8 Å². The van der Waals surface area contributed by atoms with Crippen LogP contribution in [0.1, 0.15) is 20.8 Å². The first kappa shape index (κ1) is 17.9. The summed E-state index contributed by atoms with van der Waals surface area (Å²) in [5.41, 5.74) is 0. The van der Waals surface area contributed by atoms with Gasteiger partial charge in [-0.2, -0.15) is 4.44 Å². The molecular formula is C9H24N2O3P2S. The van der Waals surface area contributed by atoms with Crippen molar-refractivity contribution in [1.82, 2.24) is 9.11 Å². The smallest absolute Gasteiger partial charge is 0.270 e. The van der Waals surface area contributed by atoms with Gasteiger partial charge < -0.3 is 13.6 Å². The van der Waals surface area contributed by atoms with Gasteiger partial charge in [0, 0.05) is 7.05 Å². The summed E-state index contributed by atoms with van der Waals surface area (Å²) in [6, 6.07) is 0. The van der Waals surface area contributed by atoms with Crippen molar-refractivity contribution >= 4 is 26.9 Å². The van der Waals surface area contributed by atoms with Crippen LogP contribution in [-0.2, 0) is 25.4 Å². The van der Waals surface area contributed by atoms with Crippen molar-refractivity contribution in [3.8, 4) is 0 Å². The third kappa shape index (κ3) is 5.58. The Kier molecular flexibility index (Phi) is 9.35. The first-order valence-electron chi connectivity index (χ1n) is 5.66. The van der Waals surface area contributed by atoms with Crippen LogP contribution < -0.4 is 0 Å². The summed E-state index contributed by atoms with van der Waals surface area (Å²) in [6.07, 6.45) is 0. The molecule has 0 aromatic rings. The quantitative estimate of drug-likeness (QED) is 0.609. The highest BCUT2D eigenvalue weighted by Crippen LogP contribution is 2.63. The summed E-state index contributed by atoms with van der Waals surface area (Å²) in [7, 11) is 4.92. The van der Waals surface area contributed by atoms with Gasteiger partial charge in [-0.1, -0.05) is 0 Å². The van der Waals surface area contributed by atoms with Gasteiger partial charge >= 0.3 is 0 Å². The second kappa shape index (κ2) is 8.89. The van der Waals surface area contributed by atoms with Gasteiger partial charge in [0.05, 0.1) is 19.8 Å². The van der Waals surface area contributed by atoms with Crippen LogP contribution in [0.2, 0.25) is 0 Å². The van der Waals surface area contributed by atoms with Gasteiger partial charge in [-0.15, -0.1) is 0 Å². The van der Waals surface area contributed by atoms with Crippen LogP contribution in [0, 0.1) is 0 Å². The predicted octanol–water partition coefficient (Wildman–Crippen LogP) is 3.04. The normalized spacial score (nSPS) is 14.6. The molecule has 0 amide bonds. The highest BCUT2D eigenvalue weighted by Gasteiger charge is 2.33. The second-order valence-electron chi connectivity index (χ2n) is 3.31. The zero-order chi connectivity index (χ0) is 13.5. The molecule has 1 atom stereocenters. The lowest BCUT2D eigenvalue weighted by molar-refractivity contribution is 0.236. The molecular weight excluding hydrogens is 278 g/mol. The van der Waals surface area contributed by atoms with Crippen molar-refractivity contribution in [2.24, 2.45) is 0 Å². The van der Waals surface area contributed by atoms with Gasteiger partial charge in [0.1, 0.15) is 0 Å². The number of rotatable bonds is 9. The first-order chi connectivity index (χ1) is 7.92. The van der Waals surface area contributed by atoms with E-state index in [1.54, 1.807) is 0 Å². The summed E-state index contributed by atoms with van der Waals surface area (Å²) >= 11 is 5.53. The molecule has 0 N–H and O–H groups in total.